The number of benzene rings is 3. The van der Waals surface area contributed by atoms with E-state index in [0.29, 0.717) is 4.88 Å². The fraction of sp³-hybridized carbons (Fsp3) is 0.0500. The van der Waals surface area contributed by atoms with Gasteiger partial charge in [-0.1, -0.05) is 60.7 Å². The highest BCUT2D eigenvalue weighted by atomic mass is 32.1. The molecule has 0 amide bonds. The zero-order chi connectivity index (χ0) is 15.6. The van der Waals surface area contributed by atoms with E-state index in [1.165, 1.54) is 11.3 Å². The van der Waals surface area contributed by atoms with Crippen molar-refractivity contribution in [2.75, 3.05) is 0 Å². The Kier molecular flexibility index (Phi) is 3.56. The van der Waals surface area contributed by atoms with Gasteiger partial charge in [-0.25, -0.2) is 4.79 Å². The van der Waals surface area contributed by atoms with Gasteiger partial charge in [-0.2, -0.15) is 0 Å². The lowest BCUT2D eigenvalue weighted by atomic mass is 10.1. The van der Waals surface area contributed by atoms with Gasteiger partial charge in [-0.3, -0.25) is 0 Å². The van der Waals surface area contributed by atoms with E-state index < -0.39 is 0 Å². The molecule has 0 saturated carbocycles. The van der Waals surface area contributed by atoms with Gasteiger partial charge in [0.1, 0.15) is 11.5 Å². The normalized spacial score (nSPS) is 11.0. The van der Waals surface area contributed by atoms with Crippen molar-refractivity contribution in [3.63, 3.8) is 0 Å². The summed E-state index contributed by atoms with van der Waals surface area (Å²) in [5.41, 5.74) is 1.03. The molecule has 1 aromatic heterocycles. The highest BCUT2D eigenvalue weighted by molar-refractivity contribution is 7.20. The van der Waals surface area contributed by atoms with Gasteiger partial charge in [0, 0.05) is 4.70 Å². The van der Waals surface area contributed by atoms with Crippen molar-refractivity contribution in [1.82, 2.24) is 0 Å². The Morgan fingerprint density at radius 2 is 1.61 bits per heavy atom. The van der Waals surface area contributed by atoms with E-state index in [0.717, 1.165) is 26.4 Å². The quantitative estimate of drug-likeness (QED) is 0.472. The fourth-order valence-electron chi connectivity index (χ4n) is 2.72. The molecule has 0 fully saturated rings. The molecule has 0 unspecified atom stereocenters. The number of hydrogen-bond donors (Lipinski definition) is 0. The molecule has 0 saturated heterocycles. The summed E-state index contributed by atoms with van der Waals surface area (Å²) in [5, 5.41) is 3.36. The van der Waals surface area contributed by atoms with Gasteiger partial charge in [0.2, 0.25) is 0 Å². The molecule has 0 aliphatic carbocycles. The van der Waals surface area contributed by atoms with Crippen molar-refractivity contribution in [2.24, 2.45) is 0 Å². The average molecular weight is 318 g/mol. The van der Waals surface area contributed by atoms with Gasteiger partial charge in [0.25, 0.3) is 0 Å². The maximum Gasteiger partial charge on any atom is 0.348 e. The van der Waals surface area contributed by atoms with E-state index in [4.69, 9.17) is 4.74 Å². The molecule has 23 heavy (non-hydrogen) atoms. The molecule has 0 N–H and O–H groups in total. The molecule has 3 aromatic carbocycles. The Morgan fingerprint density at radius 3 is 2.48 bits per heavy atom. The van der Waals surface area contributed by atoms with E-state index >= 15 is 0 Å². The molecule has 3 heteroatoms. The van der Waals surface area contributed by atoms with Crippen LogP contribution in [0.4, 0.5) is 0 Å². The van der Waals surface area contributed by atoms with E-state index in [2.05, 4.69) is 18.2 Å². The summed E-state index contributed by atoms with van der Waals surface area (Å²) in [4.78, 5) is 13.0. The number of thiophene rings is 1. The topological polar surface area (TPSA) is 26.3 Å². The second-order valence-corrected chi connectivity index (χ2v) is 6.45. The first-order valence-corrected chi connectivity index (χ1v) is 8.25. The number of ether oxygens (including phenoxy) is 1. The number of rotatable bonds is 3. The smallest absolute Gasteiger partial charge is 0.348 e. The summed E-state index contributed by atoms with van der Waals surface area (Å²) in [6, 6.07) is 24.0. The summed E-state index contributed by atoms with van der Waals surface area (Å²) in [5.74, 6) is -0.265. The monoisotopic (exact) mass is 318 g/mol. The number of carbonyl (C=O) groups excluding carboxylic acids is 1. The van der Waals surface area contributed by atoms with Crippen molar-refractivity contribution >= 4 is 38.2 Å². The van der Waals surface area contributed by atoms with Crippen LogP contribution in [0.15, 0.2) is 72.8 Å². The lowest BCUT2D eigenvalue weighted by molar-refractivity contribution is 0.0480. The molecular weight excluding hydrogens is 304 g/mol. The van der Waals surface area contributed by atoms with E-state index in [-0.39, 0.29) is 12.6 Å². The van der Waals surface area contributed by atoms with Crippen LogP contribution < -0.4 is 0 Å². The van der Waals surface area contributed by atoms with Crippen LogP contribution in [0, 0.1) is 0 Å². The first-order valence-electron chi connectivity index (χ1n) is 7.43. The Morgan fingerprint density at radius 1 is 0.870 bits per heavy atom. The van der Waals surface area contributed by atoms with Crippen molar-refractivity contribution in [3.05, 3.63) is 83.2 Å². The maximum absolute atomic E-state index is 12.3. The summed E-state index contributed by atoms with van der Waals surface area (Å²) in [6.07, 6.45) is 0. The Labute approximate surface area is 137 Å². The number of hydrogen-bond acceptors (Lipinski definition) is 3. The summed E-state index contributed by atoms with van der Waals surface area (Å²) >= 11 is 1.47. The molecule has 2 nitrogen and oxygen atoms in total. The standard InChI is InChI=1S/C20H14O2S/c21-20(19-12-15-7-2-4-11-18(15)23-19)22-13-16-9-5-8-14-6-1-3-10-17(14)16/h1-12H,13H2. The van der Waals surface area contributed by atoms with Gasteiger partial charge in [0.15, 0.2) is 0 Å². The van der Waals surface area contributed by atoms with E-state index in [1.54, 1.807) is 0 Å². The molecule has 4 rings (SSSR count). The van der Waals surface area contributed by atoms with Crippen LogP contribution in [0.5, 0.6) is 0 Å². The van der Waals surface area contributed by atoms with Crippen LogP contribution in [0.1, 0.15) is 15.2 Å². The fourth-order valence-corrected chi connectivity index (χ4v) is 3.67. The lowest BCUT2D eigenvalue weighted by Gasteiger charge is -2.07. The van der Waals surface area contributed by atoms with Crippen LogP contribution in [0.25, 0.3) is 20.9 Å². The zero-order valence-corrected chi connectivity index (χ0v) is 13.2. The van der Waals surface area contributed by atoms with Gasteiger partial charge in [-0.15, -0.1) is 11.3 Å². The first kappa shape index (κ1) is 14.0. The maximum atomic E-state index is 12.3. The SMILES string of the molecule is O=C(OCc1cccc2ccccc12)c1cc2ccccc2s1. The molecule has 0 bridgehead atoms. The summed E-state index contributed by atoms with van der Waals surface area (Å²) < 4.78 is 6.62. The Bertz CT molecular complexity index is 962. The van der Waals surface area contributed by atoms with E-state index in [9.17, 15) is 4.79 Å². The molecule has 4 aromatic rings. The molecule has 112 valence electrons. The minimum atomic E-state index is -0.265. The third kappa shape index (κ3) is 2.71. The number of esters is 1. The van der Waals surface area contributed by atoms with Crippen LogP contribution in [-0.4, -0.2) is 5.97 Å². The summed E-state index contributed by atoms with van der Waals surface area (Å²) in [7, 11) is 0. The summed E-state index contributed by atoms with van der Waals surface area (Å²) in [6.45, 7) is 0.286. The third-order valence-electron chi connectivity index (χ3n) is 3.87. The van der Waals surface area contributed by atoms with Crippen LogP contribution in [0.3, 0.4) is 0 Å². The van der Waals surface area contributed by atoms with Crippen LogP contribution in [-0.2, 0) is 11.3 Å². The van der Waals surface area contributed by atoms with Crippen LogP contribution in [0.2, 0.25) is 0 Å². The number of fused-ring (bicyclic) bond motifs is 2. The molecule has 0 radical (unpaired) electrons. The van der Waals surface area contributed by atoms with Crippen molar-refractivity contribution < 1.29 is 9.53 Å². The van der Waals surface area contributed by atoms with Crippen LogP contribution >= 0.6 is 11.3 Å². The molecule has 0 atom stereocenters. The minimum Gasteiger partial charge on any atom is -0.457 e. The van der Waals surface area contributed by atoms with Crippen molar-refractivity contribution in [2.45, 2.75) is 6.61 Å². The van der Waals surface area contributed by atoms with Gasteiger partial charge in [-0.05, 0) is 33.9 Å². The minimum absolute atomic E-state index is 0.265. The van der Waals surface area contributed by atoms with Gasteiger partial charge < -0.3 is 4.74 Å². The second-order valence-electron chi connectivity index (χ2n) is 5.36. The van der Waals surface area contributed by atoms with Gasteiger partial charge in [0.05, 0.1) is 0 Å². The predicted molar refractivity (Wildman–Crippen MR) is 94.9 cm³/mol. The van der Waals surface area contributed by atoms with E-state index in [1.807, 2.05) is 54.6 Å². The Hall–Kier alpha value is -2.65. The highest BCUT2D eigenvalue weighted by Gasteiger charge is 2.12. The lowest BCUT2D eigenvalue weighted by Crippen LogP contribution is -2.03. The van der Waals surface area contributed by atoms with Crippen molar-refractivity contribution in [3.8, 4) is 0 Å². The Balaban J connectivity index is 1.57. The third-order valence-corrected chi connectivity index (χ3v) is 4.96. The molecule has 0 aliphatic rings. The first-order chi connectivity index (χ1) is 11.3. The largest absolute Gasteiger partial charge is 0.457 e. The molecular formula is C20H14O2S. The predicted octanol–water partition coefficient (Wildman–Crippen LogP) is 5.41. The molecule has 1 heterocycles. The molecule has 0 aliphatic heterocycles. The van der Waals surface area contributed by atoms with Crippen molar-refractivity contribution in [1.29, 1.82) is 0 Å². The zero-order valence-electron chi connectivity index (χ0n) is 12.4. The molecule has 0 spiro atoms. The highest BCUT2D eigenvalue weighted by Crippen LogP contribution is 2.26. The average Bonchev–Trinajstić information content (AvgIpc) is 3.04. The second kappa shape index (κ2) is 5.86. The van der Waals surface area contributed by atoms with Gasteiger partial charge >= 0.3 is 5.97 Å². The number of carbonyl (C=O) groups is 1.